The highest BCUT2D eigenvalue weighted by Gasteiger charge is 2.51. The molecule has 7 heteroatoms. The van der Waals surface area contributed by atoms with E-state index in [1.54, 1.807) is 24.3 Å². The number of hydrogen-bond acceptors (Lipinski definition) is 5. The van der Waals surface area contributed by atoms with Crippen LogP contribution in [0, 0.1) is 9.49 Å². The van der Waals surface area contributed by atoms with Crippen LogP contribution in [0.4, 0.5) is 0 Å². The summed E-state index contributed by atoms with van der Waals surface area (Å²) < 4.78 is 6.40. The van der Waals surface area contributed by atoms with Gasteiger partial charge in [0.05, 0.1) is 24.2 Å². The van der Waals surface area contributed by atoms with Crippen LogP contribution in [-0.4, -0.2) is 59.9 Å². The maximum atomic E-state index is 12.9. The van der Waals surface area contributed by atoms with Gasteiger partial charge in [0.1, 0.15) is 0 Å². The van der Waals surface area contributed by atoms with Gasteiger partial charge in [-0.1, -0.05) is 24.3 Å². The van der Waals surface area contributed by atoms with Gasteiger partial charge in [0, 0.05) is 34.7 Å². The Morgan fingerprint density at radius 1 is 1.00 bits per heavy atom. The van der Waals surface area contributed by atoms with Gasteiger partial charge < -0.3 is 4.74 Å². The van der Waals surface area contributed by atoms with Crippen molar-refractivity contribution in [2.45, 2.75) is 37.3 Å². The normalized spacial score (nSPS) is 27.0. The highest BCUT2D eigenvalue weighted by Crippen LogP contribution is 2.47. The van der Waals surface area contributed by atoms with Gasteiger partial charge in [-0.15, -0.1) is 0 Å². The number of amides is 2. The average molecular weight is 544 g/mol. The zero-order chi connectivity index (χ0) is 22.4. The lowest BCUT2D eigenvalue weighted by Gasteiger charge is -2.44. The van der Waals surface area contributed by atoms with Crippen molar-refractivity contribution < 1.29 is 19.1 Å². The molecule has 0 N–H and O–H groups in total. The monoisotopic (exact) mass is 544 g/mol. The van der Waals surface area contributed by atoms with Gasteiger partial charge in [-0.05, 0) is 71.7 Å². The summed E-state index contributed by atoms with van der Waals surface area (Å²) in [6.45, 7) is 0.912. The minimum atomic E-state index is -0.249. The maximum absolute atomic E-state index is 12.9. The Morgan fingerprint density at radius 2 is 1.66 bits per heavy atom. The maximum Gasteiger partial charge on any atom is 0.310 e. The minimum Gasteiger partial charge on any atom is -0.469 e. The molecule has 2 bridgehead atoms. The lowest BCUT2D eigenvalue weighted by molar-refractivity contribution is -0.150. The second-order valence-electron chi connectivity index (χ2n) is 8.79. The third-order valence-electron chi connectivity index (χ3n) is 7.30. The molecule has 2 amide bonds. The van der Waals surface area contributed by atoms with E-state index in [4.69, 9.17) is 4.74 Å². The van der Waals surface area contributed by atoms with Gasteiger partial charge in [-0.25, -0.2) is 0 Å². The summed E-state index contributed by atoms with van der Waals surface area (Å²) in [5.74, 6) is -0.759. The van der Waals surface area contributed by atoms with E-state index in [2.05, 4.69) is 51.8 Å². The second-order valence-corrected chi connectivity index (χ2v) is 10.0. The molecular weight excluding hydrogens is 519 g/mol. The molecule has 2 aromatic carbocycles. The number of esters is 1. The number of ether oxygens (including phenoxy) is 1. The first-order chi connectivity index (χ1) is 15.5. The van der Waals surface area contributed by atoms with Crippen molar-refractivity contribution in [1.29, 1.82) is 0 Å². The van der Waals surface area contributed by atoms with E-state index in [0.29, 0.717) is 30.3 Å². The molecule has 3 aliphatic heterocycles. The van der Waals surface area contributed by atoms with Gasteiger partial charge in [0.25, 0.3) is 11.8 Å². The van der Waals surface area contributed by atoms with Crippen molar-refractivity contribution in [3.8, 4) is 0 Å². The van der Waals surface area contributed by atoms with E-state index in [0.717, 1.165) is 19.3 Å². The molecule has 0 saturated carbocycles. The van der Waals surface area contributed by atoms with Gasteiger partial charge in [-0.3, -0.25) is 24.2 Å². The number of piperidine rings is 1. The molecule has 3 heterocycles. The number of benzene rings is 2. The molecule has 0 aliphatic carbocycles. The highest BCUT2D eigenvalue weighted by molar-refractivity contribution is 14.1. The van der Waals surface area contributed by atoms with E-state index in [9.17, 15) is 14.4 Å². The summed E-state index contributed by atoms with van der Waals surface area (Å²) in [6, 6.07) is 15.8. The summed E-state index contributed by atoms with van der Waals surface area (Å²) in [4.78, 5) is 42.1. The second kappa shape index (κ2) is 8.59. The largest absolute Gasteiger partial charge is 0.469 e. The molecule has 5 rings (SSSR count). The van der Waals surface area contributed by atoms with Crippen LogP contribution in [0.1, 0.15) is 51.5 Å². The minimum absolute atomic E-state index is 0.0562. The van der Waals surface area contributed by atoms with Crippen molar-refractivity contribution in [1.82, 2.24) is 9.80 Å². The Morgan fingerprint density at radius 3 is 2.28 bits per heavy atom. The molecule has 0 spiro atoms. The van der Waals surface area contributed by atoms with E-state index < -0.39 is 0 Å². The van der Waals surface area contributed by atoms with E-state index in [1.165, 1.54) is 21.1 Å². The fourth-order valence-corrected chi connectivity index (χ4v) is 6.19. The van der Waals surface area contributed by atoms with Crippen LogP contribution in [0.2, 0.25) is 0 Å². The van der Waals surface area contributed by atoms with E-state index >= 15 is 0 Å². The van der Waals surface area contributed by atoms with Crippen LogP contribution >= 0.6 is 22.6 Å². The quantitative estimate of drug-likeness (QED) is 0.327. The average Bonchev–Trinajstić information content (AvgIpc) is 3.22. The Balaban J connectivity index is 1.35. The van der Waals surface area contributed by atoms with Gasteiger partial charge >= 0.3 is 5.97 Å². The number of carbonyl (C=O) groups excluding carboxylic acids is 3. The topological polar surface area (TPSA) is 66.9 Å². The number of imide groups is 1. The number of halogens is 1. The molecule has 2 saturated heterocycles. The lowest BCUT2D eigenvalue weighted by atomic mass is 9.76. The van der Waals surface area contributed by atoms with Gasteiger partial charge in [0.2, 0.25) is 0 Å². The first-order valence-electron chi connectivity index (χ1n) is 11.0. The standard InChI is InChI=1S/C25H25IN2O4/c1-32-25(31)22-20(15-6-8-16(26)9-7-15)14-17-10-11-21(22)27(17)12-13-28-23(29)18-4-2-3-5-19(18)24(28)30/h2-9,17,20-22H,10-14H2,1H3. The fraction of sp³-hybridized carbons (Fsp3) is 0.400. The Labute approximate surface area is 201 Å². The third-order valence-corrected chi connectivity index (χ3v) is 8.02. The predicted octanol–water partition coefficient (Wildman–Crippen LogP) is 3.70. The van der Waals surface area contributed by atoms with Crippen molar-refractivity contribution in [2.24, 2.45) is 5.92 Å². The van der Waals surface area contributed by atoms with Crippen LogP contribution in [0.25, 0.3) is 0 Å². The lowest BCUT2D eigenvalue weighted by Crippen LogP contribution is -2.53. The van der Waals surface area contributed by atoms with Crippen LogP contribution in [0.3, 0.4) is 0 Å². The summed E-state index contributed by atoms with van der Waals surface area (Å²) in [6.07, 6.45) is 2.81. The Kier molecular flexibility index (Phi) is 5.79. The van der Waals surface area contributed by atoms with Crippen molar-refractivity contribution in [3.05, 3.63) is 68.8 Å². The number of hydrogen-bond donors (Lipinski definition) is 0. The number of nitrogens with zero attached hydrogens (tertiary/aromatic N) is 2. The van der Waals surface area contributed by atoms with E-state index in [1.807, 2.05) is 0 Å². The molecule has 2 fully saturated rings. The van der Waals surface area contributed by atoms with Gasteiger partial charge in [-0.2, -0.15) is 0 Å². The van der Waals surface area contributed by atoms with E-state index in [-0.39, 0.29) is 35.7 Å². The first-order valence-corrected chi connectivity index (χ1v) is 12.1. The molecule has 32 heavy (non-hydrogen) atoms. The molecule has 6 nitrogen and oxygen atoms in total. The van der Waals surface area contributed by atoms with Crippen molar-refractivity contribution in [3.63, 3.8) is 0 Å². The molecule has 2 aromatic rings. The first kappa shape index (κ1) is 21.6. The summed E-state index contributed by atoms with van der Waals surface area (Å²) in [7, 11) is 1.46. The molecule has 3 aliphatic rings. The predicted molar refractivity (Wildman–Crippen MR) is 127 cm³/mol. The Bertz CT molecular complexity index is 1030. The fourth-order valence-electron chi connectivity index (χ4n) is 5.83. The zero-order valence-electron chi connectivity index (χ0n) is 17.9. The summed E-state index contributed by atoms with van der Waals surface area (Å²) in [5, 5.41) is 0. The number of methoxy groups -OCH3 is 1. The molecule has 166 valence electrons. The van der Waals surface area contributed by atoms with Crippen LogP contribution < -0.4 is 0 Å². The summed E-state index contributed by atoms with van der Waals surface area (Å²) >= 11 is 2.29. The van der Waals surface area contributed by atoms with Crippen LogP contribution in [0.15, 0.2) is 48.5 Å². The number of carbonyl (C=O) groups is 3. The third kappa shape index (κ3) is 3.55. The molecule has 0 aromatic heterocycles. The van der Waals surface area contributed by atoms with Crippen molar-refractivity contribution in [2.75, 3.05) is 20.2 Å². The smallest absolute Gasteiger partial charge is 0.310 e. The van der Waals surface area contributed by atoms with Crippen LogP contribution in [0.5, 0.6) is 0 Å². The molecule has 0 radical (unpaired) electrons. The number of fused-ring (bicyclic) bond motifs is 3. The molecular formula is C25H25IN2O4. The summed E-state index contributed by atoms with van der Waals surface area (Å²) in [5.41, 5.74) is 2.13. The highest BCUT2D eigenvalue weighted by atomic mass is 127. The van der Waals surface area contributed by atoms with Gasteiger partial charge in [0.15, 0.2) is 0 Å². The molecule has 4 unspecified atom stereocenters. The Hall–Kier alpha value is -2.26. The number of rotatable bonds is 5. The zero-order valence-corrected chi connectivity index (χ0v) is 20.0. The van der Waals surface area contributed by atoms with Crippen LogP contribution in [-0.2, 0) is 9.53 Å². The van der Waals surface area contributed by atoms with Crippen molar-refractivity contribution >= 4 is 40.4 Å². The SMILES string of the molecule is COC(=O)C1C(c2ccc(I)cc2)CC2CCC1N2CCN1C(=O)c2ccccc2C1=O. The molecule has 4 atom stereocenters.